The Morgan fingerprint density at radius 2 is 1.58 bits per heavy atom. The minimum Gasteiger partial charge on any atom is -0.354 e. The first-order valence-corrected chi connectivity index (χ1v) is 14.3. The first-order valence-electron chi connectivity index (χ1n) is 11.3. The highest BCUT2D eigenvalue weighted by molar-refractivity contribution is 7.92. The van der Waals surface area contributed by atoms with E-state index in [1.54, 1.807) is 6.07 Å². The van der Waals surface area contributed by atoms with E-state index in [9.17, 15) is 31.2 Å². The molecule has 0 fully saturated rings. The van der Waals surface area contributed by atoms with Gasteiger partial charge in [-0.25, -0.2) is 8.42 Å². The predicted octanol–water partition coefficient (Wildman–Crippen LogP) is 5.62. The van der Waals surface area contributed by atoms with Crippen LogP contribution >= 0.6 is 34.8 Å². The molecule has 14 heteroatoms. The monoisotopic (exact) mass is 615 g/mol. The maximum absolute atomic E-state index is 13.5. The van der Waals surface area contributed by atoms with E-state index in [0.29, 0.717) is 28.5 Å². The summed E-state index contributed by atoms with van der Waals surface area (Å²) in [5, 5.41) is 2.86. The lowest BCUT2D eigenvalue weighted by atomic mass is 10.1. The summed E-state index contributed by atoms with van der Waals surface area (Å²) in [6, 6.07) is 5.64. The van der Waals surface area contributed by atoms with Crippen LogP contribution in [0.15, 0.2) is 36.4 Å². The van der Waals surface area contributed by atoms with Gasteiger partial charge in [-0.15, -0.1) is 0 Å². The van der Waals surface area contributed by atoms with E-state index >= 15 is 0 Å². The van der Waals surface area contributed by atoms with Gasteiger partial charge in [0.05, 0.1) is 32.6 Å². The minimum absolute atomic E-state index is 0.120. The maximum Gasteiger partial charge on any atom is 0.416 e. The molecule has 2 aromatic rings. The van der Waals surface area contributed by atoms with Gasteiger partial charge in [0.25, 0.3) is 0 Å². The largest absolute Gasteiger partial charge is 0.416 e. The van der Waals surface area contributed by atoms with E-state index in [4.69, 9.17) is 34.8 Å². The van der Waals surface area contributed by atoms with E-state index < -0.39 is 51.9 Å². The van der Waals surface area contributed by atoms with Gasteiger partial charge >= 0.3 is 6.18 Å². The number of sulfonamides is 1. The predicted molar refractivity (Wildman–Crippen MR) is 143 cm³/mol. The van der Waals surface area contributed by atoms with Crippen molar-refractivity contribution >= 4 is 62.3 Å². The lowest BCUT2D eigenvalue weighted by molar-refractivity contribution is -0.139. The van der Waals surface area contributed by atoms with Crippen molar-refractivity contribution in [2.45, 2.75) is 39.5 Å². The standard InChI is InChI=1S/C24H27Cl3F3N3O4S/c1-14(2)11-31-23(35)15(3)32(12-16-5-7-18(25)20(27)9-16)22(34)13-33(38(4,36)37)21-10-17(24(28,29)30)6-8-19(21)26/h5-10,14-15H,11-13H2,1-4H3,(H,31,35)/t15-/m1/s1. The van der Waals surface area contributed by atoms with Gasteiger partial charge in [-0.3, -0.25) is 13.9 Å². The van der Waals surface area contributed by atoms with Crippen LogP contribution < -0.4 is 9.62 Å². The molecule has 0 aliphatic carbocycles. The van der Waals surface area contributed by atoms with Crippen LogP contribution in [-0.4, -0.2) is 50.5 Å². The fourth-order valence-electron chi connectivity index (χ4n) is 3.34. The average Bonchev–Trinajstić information content (AvgIpc) is 2.80. The van der Waals surface area contributed by atoms with E-state index in [1.165, 1.54) is 19.1 Å². The number of amides is 2. The number of nitrogens with zero attached hydrogens (tertiary/aromatic N) is 2. The Hall–Kier alpha value is -2.21. The van der Waals surface area contributed by atoms with Crippen molar-refractivity contribution < 1.29 is 31.2 Å². The Labute approximate surface area is 234 Å². The summed E-state index contributed by atoms with van der Waals surface area (Å²) >= 11 is 18.1. The molecule has 2 rings (SSSR count). The van der Waals surface area contributed by atoms with Crippen molar-refractivity contribution in [3.05, 3.63) is 62.6 Å². The summed E-state index contributed by atoms with van der Waals surface area (Å²) in [4.78, 5) is 27.5. The molecule has 0 aliphatic heterocycles. The van der Waals surface area contributed by atoms with Gasteiger partial charge < -0.3 is 10.2 Å². The number of alkyl halides is 3. The van der Waals surface area contributed by atoms with Crippen LogP contribution in [0.3, 0.4) is 0 Å². The molecule has 38 heavy (non-hydrogen) atoms. The van der Waals surface area contributed by atoms with E-state index in [-0.39, 0.29) is 27.5 Å². The van der Waals surface area contributed by atoms with Crippen LogP contribution in [0.5, 0.6) is 0 Å². The summed E-state index contributed by atoms with van der Waals surface area (Å²) in [6.07, 6.45) is -4.05. The Bertz CT molecular complexity index is 1290. The van der Waals surface area contributed by atoms with Gasteiger partial charge in [0.15, 0.2) is 0 Å². The molecule has 0 saturated heterocycles. The normalized spacial score (nSPS) is 12.8. The molecular weight excluding hydrogens is 590 g/mol. The molecule has 0 saturated carbocycles. The number of nitrogens with one attached hydrogen (secondary N) is 1. The van der Waals surface area contributed by atoms with Crippen LogP contribution in [0.4, 0.5) is 18.9 Å². The van der Waals surface area contributed by atoms with Gasteiger partial charge in [0.2, 0.25) is 21.8 Å². The Balaban J connectivity index is 2.50. The second kappa shape index (κ2) is 12.8. The lowest BCUT2D eigenvalue weighted by Gasteiger charge is -2.32. The smallest absolute Gasteiger partial charge is 0.354 e. The molecule has 2 aromatic carbocycles. The van der Waals surface area contributed by atoms with Gasteiger partial charge in [0, 0.05) is 13.1 Å². The van der Waals surface area contributed by atoms with Crippen molar-refractivity contribution in [3.8, 4) is 0 Å². The number of hydrogen-bond donors (Lipinski definition) is 1. The molecule has 0 unspecified atom stereocenters. The number of rotatable bonds is 10. The van der Waals surface area contributed by atoms with E-state index in [2.05, 4.69) is 5.32 Å². The minimum atomic E-state index is -4.78. The Morgan fingerprint density at radius 3 is 2.11 bits per heavy atom. The molecule has 0 aromatic heterocycles. The van der Waals surface area contributed by atoms with Crippen molar-refractivity contribution in [1.82, 2.24) is 10.2 Å². The van der Waals surface area contributed by atoms with Crippen LogP contribution in [0.25, 0.3) is 0 Å². The summed E-state index contributed by atoms with van der Waals surface area (Å²) in [6.45, 7) is 4.46. The number of benzene rings is 2. The van der Waals surface area contributed by atoms with Crippen molar-refractivity contribution in [2.75, 3.05) is 23.7 Å². The molecule has 2 amide bonds. The second-order valence-electron chi connectivity index (χ2n) is 9.02. The van der Waals surface area contributed by atoms with Crippen LogP contribution in [-0.2, 0) is 32.3 Å². The topological polar surface area (TPSA) is 86.8 Å². The highest BCUT2D eigenvalue weighted by atomic mass is 35.5. The fourth-order valence-corrected chi connectivity index (χ4v) is 4.79. The van der Waals surface area contributed by atoms with Crippen LogP contribution in [0.2, 0.25) is 15.1 Å². The van der Waals surface area contributed by atoms with Gasteiger partial charge in [-0.2, -0.15) is 13.2 Å². The highest BCUT2D eigenvalue weighted by Gasteiger charge is 2.34. The van der Waals surface area contributed by atoms with E-state index in [1.807, 2.05) is 13.8 Å². The second-order valence-corrected chi connectivity index (χ2v) is 12.1. The van der Waals surface area contributed by atoms with Crippen LogP contribution in [0, 0.1) is 5.92 Å². The first-order chi connectivity index (χ1) is 17.4. The van der Waals surface area contributed by atoms with Gasteiger partial charge in [-0.1, -0.05) is 54.7 Å². The Kier molecular flexibility index (Phi) is 10.7. The molecule has 0 radical (unpaired) electrons. The number of carbonyl (C=O) groups is 2. The van der Waals surface area contributed by atoms with Gasteiger partial charge in [0.1, 0.15) is 12.6 Å². The van der Waals surface area contributed by atoms with Crippen LogP contribution in [0.1, 0.15) is 31.9 Å². The molecule has 210 valence electrons. The summed E-state index contributed by atoms with van der Waals surface area (Å²) in [5.41, 5.74) is -1.19. The van der Waals surface area contributed by atoms with Gasteiger partial charge in [-0.05, 0) is 48.7 Å². The average molecular weight is 617 g/mol. The highest BCUT2D eigenvalue weighted by Crippen LogP contribution is 2.36. The fraction of sp³-hybridized carbons (Fsp3) is 0.417. The maximum atomic E-state index is 13.5. The lowest BCUT2D eigenvalue weighted by Crippen LogP contribution is -2.51. The zero-order valence-corrected chi connectivity index (χ0v) is 24.0. The molecule has 0 aliphatic rings. The molecule has 0 heterocycles. The molecule has 7 nitrogen and oxygen atoms in total. The van der Waals surface area contributed by atoms with Crippen molar-refractivity contribution in [3.63, 3.8) is 0 Å². The number of halogens is 6. The molecule has 0 bridgehead atoms. The quantitative estimate of drug-likeness (QED) is 0.376. The third-order valence-corrected chi connectivity index (χ3v) is 7.60. The Morgan fingerprint density at radius 1 is 0.974 bits per heavy atom. The number of anilines is 1. The third-order valence-electron chi connectivity index (χ3n) is 5.41. The first kappa shape index (κ1) is 32.0. The summed E-state index contributed by atoms with van der Waals surface area (Å²) < 4.78 is 65.7. The zero-order chi connectivity index (χ0) is 29.0. The number of carbonyl (C=O) groups excluding carboxylic acids is 2. The molecule has 1 atom stereocenters. The van der Waals surface area contributed by atoms with Crippen molar-refractivity contribution in [1.29, 1.82) is 0 Å². The molecule has 1 N–H and O–H groups in total. The zero-order valence-electron chi connectivity index (χ0n) is 20.9. The SMILES string of the molecule is CC(C)CNC(=O)[C@@H](C)N(Cc1ccc(Cl)c(Cl)c1)C(=O)CN(c1cc(C(F)(F)F)ccc1Cl)S(C)(=O)=O. The molecular formula is C24H27Cl3F3N3O4S. The van der Waals surface area contributed by atoms with Crippen molar-refractivity contribution in [2.24, 2.45) is 5.92 Å². The number of hydrogen-bond acceptors (Lipinski definition) is 4. The molecule has 0 spiro atoms. The summed E-state index contributed by atoms with van der Waals surface area (Å²) in [7, 11) is -4.29. The van der Waals surface area contributed by atoms with E-state index in [0.717, 1.165) is 17.2 Å². The third kappa shape index (κ3) is 8.65. The summed E-state index contributed by atoms with van der Waals surface area (Å²) in [5.74, 6) is -1.24.